The van der Waals surface area contributed by atoms with Crippen LogP contribution in [0.1, 0.15) is 53.4 Å². The van der Waals surface area contributed by atoms with Crippen molar-refractivity contribution < 1.29 is 0 Å². The number of hydrogen-bond donors (Lipinski definition) is 0. The predicted molar refractivity (Wildman–Crippen MR) is 102 cm³/mol. The molecular formula is C21H27ClN2. The normalized spacial score (nSPS) is 36.4. The average Bonchev–Trinajstić information content (AvgIpc) is 2.87. The first-order valence-electron chi connectivity index (χ1n) is 9.17. The van der Waals surface area contributed by atoms with Crippen molar-refractivity contribution in [2.24, 2.45) is 10.9 Å². The molecule has 2 aliphatic carbocycles. The molecule has 4 aliphatic rings. The molecule has 0 amide bonds. The van der Waals surface area contributed by atoms with Gasteiger partial charge in [0.15, 0.2) is 0 Å². The van der Waals surface area contributed by atoms with Gasteiger partial charge < -0.3 is 4.90 Å². The van der Waals surface area contributed by atoms with Crippen LogP contribution in [0.5, 0.6) is 0 Å². The highest BCUT2D eigenvalue weighted by atomic mass is 35.5. The Kier molecular flexibility index (Phi) is 3.80. The summed E-state index contributed by atoms with van der Waals surface area (Å²) in [5, 5.41) is 0.913. The van der Waals surface area contributed by atoms with Crippen LogP contribution in [0.4, 0.5) is 0 Å². The van der Waals surface area contributed by atoms with Crippen molar-refractivity contribution >= 4 is 17.8 Å². The summed E-state index contributed by atoms with van der Waals surface area (Å²) in [6.45, 7) is 10.2. The van der Waals surface area contributed by atoms with Gasteiger partial charge in [-0.2, -0.15) is 0 Å². The summed E-state index contributed by atoms with van der Waals surface area (Å²) in [5.41, 5.74) is 7.35. The van der Waals surface area contributed by atoms with Crippen molar-refractivity contribution in [3.63, 3.8) is 0 Å². The molecule has 0 spiro atoms. The SMILES string of the molecule is CC(C)=CCN1C2=C3CC1C(C)C1(C)N=CC/C(Cl)=C\C3=C1CC2. The summed E-state index contributed by atoms with van der Waals surface area (Å²) in [6, 6.07) is 0.547. The van der Waals surface area contributed by atoms with Crippen molar-refractivity contribution in [1.29, 1.82) is 0 Å². The first-order chi connectivity index (χ1) is 11.4. The first kappa shape index (κ1) is 16.2. The molecule has 3 heteroatoms. The Bertz CT molecular complexity index is 733. The van der Waals surface area contributed by atoms with Crippen LogP contribution in [0.25, 0.3) is 0 Å². The molecule has 0 aromatic heterocycles. The predicted octanol–water partition coefficient (Wildman–Crippen LogP) is 5.38. The third kappa shape index (κ3) is 2.26. The van der Waals surface area contributed by atoms with Gasteiger partial charge in [0, 0.05) is 41.9 Å². The molecule has 0 N–H and O–H groups in total. The Hall–Kier alpha value is -1.28. The van der Waals surface area contributed by atoms with E-state index in [2.05, 4.69) is 44.7 Å². The number of aliphatic imine (C=N–C) groups is 1. The minimum absolute atomic E-state index is 0.0922. The van der Waals surface area contributed by atoms with Crippen LogP contribution in [0.2, 0.25) is 0 Å². The molecule has 2 heterocycles. The molecule has 3 unspecified atom stereocenters. The standard InChI is InChI=1S/C21H27ClN2/c1-13(2)8-10-24-19-6-5-18-16-11-15(22)7-9-23-21(18,4)14(3)20(24)12-17(16)19/h8-9,11,14,20H,5-7,10,12H2,1-4H3/b15-11+,23-9?. The molecule has 0 aromatic rings. The van der Waals surface area contributed by atoms with Crippen molar-refractivity contribution in [3.05, 3.63) is 45.2 Å². The van der Waals surface area contributed by atoms with Gasteiger partial charge in [0.05, 0.1) is 5.54 Å². The van der Waals surface area contributed by atoms with Gasteiger partial charge in [0.1, 0.15) is 0 Å². The molecule has 0 saturated carbocycles. The molecule has 2 aliphatic heterocycles. The van der Waals surface area contributed by atoms with Crippen molar-refractivity contribution in [2.75, 3.05) is 6.54 Å². The fraction of sp³-hybridized carbons (Fsp3) is 0.571. The third-order valence-electron chi connectivity index (χ3n) is 6.49. The van der Waals surface area contributed by atoms with E-state index in [9.17, 15) is 0 Å². The topological polar surface area (TPSA) is 15.6 Å². The van der Waals surface area contributed by atoms with E-state index in [1.807, 2.05) is 6.21 Å². The second kappa shape index (κ2) is 5.62. The van der Waals surface area contributed by atoms with Crippen LogP contribution in [0.15, 0.2) is 50.2 Å². The van der Waals surface area contributed by atoms with Gasteiger partial charge in [-0.15, -0.1) is 0 Å². The Balaban J connectivity index is 1.91. The number of allylic oxidation sites excluding steroid dienone is 5. The second-order valence-electron chi connectivity index (χ2n) is 8.07. The number of likely N-dealkylation sites (tertiary alicyclic amines) is 1. The zero-order valence-corrected chi connectivity index (χ0v) is 16.0. The van der Waals surface area contributed by atoms with Crippen LogP contribution in [0.3, 0.4) is 0 Å². The maximum Gasteiger partial charge on any atom is 0.0839 e. The van der Waals surface area contributed by atoms with Crippen LogP contribution in [-0.4, -0.2) is 29.2 Å². The van der Waals surface area contributed by atoms with Crippen molar-refractivity contribution in [2.45, 2.75) is 65.0 Å². The quantitative estimate of drug-likeness (QED) is 0.615. The van der Waals surface area contributed by atoms with Crippen LogP contribution in [0, 0.1) is 5.92 Å². The number of nitrogens with zero attached hydrogens (tertiary/aromatic N) is 2. The van der Waals surface area contributed by atoms with E-state index in [-0.39, 0.29) is 5.54 Å². The zero-order valence-electron chi connectivity index (χ0n) is 15.2. The fourth-order valence-corrected chi connectivity index (χ4v) is 5.16. The molecule has 0 aromatic carbocycles. The molecule has 2 nitrogen and oxygen atoms in total. The summed E-state index contributed by atoms with van der Waals surface area (Å²) in [6.07, 6.45) is 10.8. The largest absolute Gasteiger partial charge is 0.367 e. The summed E-state index contributed by atoms with van der Waals surface area (Å²) in [4.78, 5) is 7.75. The van der Waals surface area contributed by atoms with Crippen LogP contribution < -0.4 is 0 Å². The van der Waals surface area contributed by atoms with E-state index < -0.39 is 0 Å². The van der Waals surface area contributed by atoms with Gasteiger partial charge in [-0.25, -0.2) is 0 Å². The molecule has 4 rings (SSSR count). The summed E-state index contributed by atoms with van der Waals surface area (Å²) < 4.78 is 0. The van der Waals surface area contributed by atoms with Gasteiger partial charge in [-0.3, -0.25) is 4.99 Å². The molecule has 0 radical (unpaired) electrons. The summed E-state index contributed by atoms with van der Waals surface area (Å²) >= 11 is 6.48. The summed E-state index contributed by atoms with van der Waals surface area (Å²) in [7, 11) is 0. The average molecular weight is 343 g/mol. The third-order valence-corrected chi connectivity index (χ3v) is 6.75. The van der Waals surface area contributed by atoms with Gasteiger partial charge in [0.2, 0.25) is 0 Å². The minimum Gasteiger partial charge on any atom is -0.367 e. The van der Waals surface area contributed by atoms with Gasteiger partial charge >= 0.3 is 0 Å². The highest BCUT2D eigenvalue weighted by Crippen LogP contribution is 2.54. The molecule has 5 bridgehead atoms. The van der Waals surface area contributed by atoms with E-state index in [4.69, 9.17) is 16.6 Å². The van der Waals surface area contributed by atoms with Gasteiger partial charge in [-0.05, 0) is 62.8 Å². The lowest BCUT2D eigenvalue weighted by molar-refractivity contribution is 0.168. The van der Waals surface area contributed by atoms with E-state index in [1.54, 1.807) is 11.3 Å². The molecule has 0 saturated heterocycles. The smallest absolute Gasteiger partial charge is 0.0839 e. The number of hydrogen-bond acceptors (Lipinski definition) is 2. The van der Waals surface area contributed by atoms with Crippen molar-refractivity contribution in [3.8, 4) is 0 Å². The van der Waals surface area contributed by atoms with Crippen LogP contribution in [-0.2, 0) is 0 Å². The fourth-order valence-electron chi connectivity index (χ4n) is 4.99. The monoisotopic (exact) mass is 342 g/mol. The maximum atomic E-state index is 6.48. The highest BCUT2D eigenvalue weighted by Gasteiger charge is 2.51. The molecule has 0 fully saturated rings. The Labute approximate surface area is 150 Å². The maximum absolute atomic E-state index is 6.48. The van der Waals surface area contributed by atoms with Crippen molar-refractivity contribution in [1.82, 2.24) is 4.90 Å². The van der Waals surface area contributed by atoms with E-state index in [0.717, 1.165) is 37.3 Å². The Morgan fingerprint density at radius 2 is 2.21 bits per heavy atom. The van der Waals surface area contributed by atoms with E-state index in [0.29, 0.717) is 12.0 Å². The molecule has 128 valence electrons. The molecule has 24 heavy (non-hydrogen) atoms. The molecular weight excluding hydrogens is 316 g/mol. The lowest BCUT2D eigenvalue weighted by Crippen LogP contribution is -2.48. The molecule has 3 atom stereocenters. The van der Waals surface area contributed by atoms with Gasteiger partial charge in [0.25, 0.3) is 0 Å². The van der Waals surface area contributed by atoms with Gasteiger partial charge in [-0.1, -0.05) is 30.2 Å². The lowest BCUT2D eigenvalue weighted by Gasteiger charge is -2.46. The number of rotatable bonds is 2. The summed E-state index contributed by atoms with van der Waals surface area (Å²) in [5.74, 6) is 0.505. The number of fused-ring (bicyclic) bond motifs is 1. The zero-order chi connectivity index (χ0) is 17.1. The Morgan fingerprint density at radius 3 is 2.96 bits per heavy atom. The number of halogens is 1. The van der Waals surface area contributed by atoms with E-state index in [1.165, 1.54) is 16.7 Å². The first-order valence-corrected chi connectivity index (χ1v) is 9.55. The Morgan fingerprint density at radius 1 is 1.42 bits per heavy atom. The lowest BCUT2D eigenvalue weighted by atomic mass is 9.72. The highest BCUT2D eigenvalue weighted by molar-refractivity contribution is 6.30. The second-order valence-corrected chi connectivity index (χ2v) is 8.55. The van der Waals surface area contributed by atoms with Crippen LogP contribution >= 0.6 is 11.6 Å². The minimum atomic E-state index is -0.0922. The van der Waals surface area contributed by atoms with E-state index >= 15 is 0 Å².